The molecular formula is C19H18N2O5S. The number of ether oxygens (including phenoxy) is 3. The number of thioether (sulfide) groups is 1. The van der Waals surface area contributed by atoms with Crippen molar-refractivity contribution in [1.82, 2.24) is 5.32 Å². The van der Waals surface area contributed by atoms with E-state index in [1.807, 2.05) is 24.5 Å². The van der Waals surface area contributed by atoms with Gasteiger partial charge in [-0.05, 0) is 30.5 Å². The fourth-order valence-electron chi connectivity index (χ4n) is 3.03. The Balaban J connectivity index is 1.39. The summed E-state index contributed by atoms with van der Waals surface area (Å²) in [6, 6.07) is 12.7. The van der Waals surface area contributed by atoms with Crippen molar-refractivity contribution < 1.29 is 23.8 Å². The van der Waals surface area contributed by atoms with Crippen molar-refractivity contribution in [2.24, 2.45) is 0 Å². The van der Waals surface area contributed by atoms with E-state index in [1.54, 1.807) is 24.3 Å². The molecule has 0 aliphatic carbocycles. The normalized spacial score (nSPS) is 17.7. The van der Waals surface area contributed by atoms with E-state index in [9.17, 15) is 9.59 Å². The summed E-state index contributed by atoms with van der Waals surface area (Å²) in [6.07, 6.45) is 1.06. The highest BCUT2D eigenvalue weighted by Crippen LogP contribution is 2.36. The topological polar surface area (TPSA) is 77.1 Å². The Morgan fingerprint density at radius 1 is 1.22 bits per heavy atom. The second-order valence-electron chi connectivity index (χ2n) is 6.06. The highest BCUT2D eigenvalue weighted by Gasteiger charge is 2.33. The Morgan fingerprint density at radius 2 is 2.04 bits per heavy atom. The standard InChI is InChI=1S/C19H18N2O5S/c1-27-17-5-3-2-4-14(17)18(22)20-9-13-10-21(19(23)26-13)12-6-7-15-16(8-12)25-11-24-15/h2-8,13H,9-11H2,1H3,(H,20,22). The van der Waals surface area contributed by atoms with Gasteiger partial charge in [-0.1, -0.05) is 12.1 Å². The SMILES string of the molecule is CSc1ccccc1C(=O)NCC1CN(c2ccc3c(c2)OCO3)C(=O)O1. The molecule has 0 spiro atoms. The minimum absolute atomic E-state index is 0.176. The molecule has 27 heavy (non-hydrogen) atoms. The monoisotopic (exact) mass is 386 g/mol. The summed E-state index contributed by atoms with van der Waals surface area (Å²) < 4.78 is 16.0. The lowest BCUT2D eigenvalue weighted by atomic mass is 10.2. The number of carbonyl (C=O) groups is 2. The Morgan fingerprint density at radius 3 is 2.89 bits per heavy atom. The molecule has 0 saturated carbocycles. The highest BCUT2D eigenvalue weighted by molar-refractivity contribution is 7.98. The van der Waals surface area contributed by atoms with Crippen LogP contribution >= 0.6 is 11.8 Å². The lowest BCUT2D eigenvalue weighted by molar-refractivity contribution is 0.0913. The average molecular weight is 386 g/mol. The molecule has 140 valence electrons. The predicted octanol–water partition coefficient (Wildman–Crippen LogP) is 2.89. The molecule has 2 aromatic carbocycles. The first-order valence-corrected chi connectivity index (χ1v) is 9.67. The number of benzene rings is 2. The largest absolute Gasteiger partial charge is 0.454 e. The highest BCUT2D eigenvalue weighted by atomic mass is 32.2. The van der Waals surface area contributed by atoms with Gasteiger partial charge in [0.25, 0.3) is 5.91 Å². The van der Waals surface area contributed by atoms with Crippen LogP contribution in [-0.4, -0.2) is 44.2 Å². The van der Waals surface area contributed by atoms with Gasteiger partial charge in [0.1, 0.15) is 6.10 Å². The van der Waals surface area contributed by atoms with Gasteiger partial charge in [0, 0.05) is 11.0 Å². The van der Waals surface area contributed by atoms with Gasteiger partial charge in [-0.15, -0.1) is 11.8 Å². The zero-order chi connectivity index (χ0) is 18.8. The van der Waals surface area contributed by atoms with Gasteiger partial charge in [-0.3, -0.25) is 9.69 Å². The number of amides is 2. The summed E-state index contributed by atoms with van der Waals surface area (Å²) in [7, 11) is 0. The summed E-state index contributed by atoms with van der Waals surface area (Å²) in [4.78, 5) is 27.1. The van der Waals surface area contributed by atoms with Gasteiger partial charge in [-0.2, -0.15) is 0 Å². The lowest BCUT2D eigenvalue weighted by Crippen LogP contribution is -2.34. The zero-order valence-electron chi connectivity index (χ0n) is 14.6. The van der Waals surface area contributed by atoms with Gasteiger partial charge in [-0.25, -0.2) is 4.79 Å². The molecule has 7 nitrogen and oxygen atoms in total. The number of hydrogen-bond donors (Lipinski definition) is 1. The molecule has 2 aliphatic rings. The Kier molecular flexibility index (Phi) is 4.81. The predicted molar refractivity (Wildman–Crippen MR) is 101 cm³/mol. The van der Waals surface area contributed by atoms with Crippen molar-refractivity contribution in [3.8, 4) is 11.5 Å². The molecule has 8 heteroatoms. The summed E-state index contributed by atoms with van der Waals surface area (Å²) in [5, 5.41) is 2.85. The molecule has 2 aromatic rings. The first-order valence-electron chi connectivity index (χ1n) is 8.44. The molecule has 1 N–H and O–H groups in total. The molecule has 1 saturated heterocycles. The van der Waals surface area contributed by atoms with Crippen LogP contribution in [-0.2, 0) is 4.74 Å². The fraction of sp³-hybridized carbons (Fsp3) is 0.263. The van der Waals surface area contributed by atoms with Crippen LogP contribution in [0, 0.1) is 0 Å². The third-order valence-corrected chi connectivity index (χ3v) is 5.18. The number of fused-ring (bicyclic) bond motifs is 1. The first kappa shape index (κ1) is 17.5. The van der Waals surface area contributed by atoms with Gasteiger partial charge < -0.3 is 19.5 Å². The van der Waals surface area contributed by atoms with Crippen LogP contribution in [0.1, 0.15) is 10.4 Å². The summed E-state index contributed by atoms with van der Waals surface area (Å²) >= 11 is 1.51. The van der Waals surface area contributed by atoms with E-state index < -0.39 is 12.2 Å². The van der Waals surface area contributed by atoms with E-state index in [-0.39, 0.29) is 19.2 Å². The van der Waals surface area contributed by atoms with Crippen molar-refractivity contribution in [3.63, 3.8) is 0 Å². The van der Waals surface area contributed by atoms with Crippen LogP contribution < -0.4 is 19.7 Å². The van der Waals surface area contributed by atoms with Crippen molar-refractivity contribution >= 4 is 29.4 Å². The number of rotatable bonds is 5. The maximum atomic E-state index is 12.4. The van der Waals surface area contributed by atoms with E-state index in [0.29, 0.717) is 29.3 Å². The van der Waals surface area contributed by atoms with Crippen molar-refractivity contribution in [3.05, 3.63) is 48.0 Å². The van der Waals surface area contributed by atoms with E-state index in [0.717, 1.165) is 4.90 Å². The molecule has 2 aliphatic heterocycles. The third kappa shape index (κ3) is 3.52. The summed E-state index contributed by atoms with van der Waals surface area (Å²) in [6.45, 7) is 0.771. The van der Waals surface area contributed by atoms with Gasteiger partial charge >= 0.3 is 6.09 Å². The molecule has 0 bridgehead atoms. The number of carbonyl (C=O) groups excluding carboxylic acids is 2. The first-order chi connectivity index (χ1) is 13.2. The van der Waals surface area contributed by atoms with Gasteiger partial charge in [0.05, 0.1) is 24.3 Å². The second kappa shape index (κ2) is 7.40. The molecule has 2 amide bonds. The fourth-order valence-corrected chi connectivity index (χ4v) is 3.62. The maximum Gasteiger partial charge on any atom is 0.414 e. The molecule has 1 atom stereocenters. The van der Waals surface area contributed by atoms with Crippen LogP contribution in [0.25, 0.3) is 0 Å². The van der Waals surface area contributed by atoms with Crippen molar-refractivity contribution in [1.29, 1.82) is 0 Å². The minimum atomic E-state index is -0.447. The molecule has 1 unspecified atom stereocenters. The van der Waals surface area contributed by atoms with Crippen LogP contribution in [0.15, 0.2) is 47.4 Å². The molecular weight excluding hydrogens is 368 g/mol. The number of anilines is 1. The quantitative estimate of drug-likeness (QED) is 0.797. The lowest BCUT2D eigenvalue weighted by Gasteiger charge is -2.14. The third-order valence-electron chi connectivity index (χ3n) is 4.38. The Labute approximate surface area is 160 Å². The van der Waals surface area contributed by atoms with Crippen LogP contribution in [0.4, 0.5) is 10.5 Å². The smallest absolute Gasteiger partial charge is 0.414 e. The average Bonchev–Trinajstić information content (AvgIpc) is 3.31. The van der Waals surface area contributed by atoms with Crippen LogP contribution in [0.5, 0.6) is 11.5 Å². The van der Waals surface area contributed by atoms with E-state index in [1.165, 1.54) is 16.7 Å². The maximum absolute atomic E-state index is 12.4. The Hall–Kier alpha value is -2.87. The van der Waals surface area contributed by atoms with Gasteiger partial charge in [0.2, 0.25) is 6.79 Å². The summed E-state index contributed by atoms with van der Waals surface area (Å²) in [5.74, 6) is 1.07. The summed E-state index contributed by atoms with van der Waals surface area (Å²) in [5.41, 5.74) is 1.28. The van der Waals surface area contributed by atoms with E-state index in [2.05, 4.69) is 5.32 Å². The minimum Gasteiger partial charge on any atom is -0.454 e. The number of cyclic esters (lactones) is 1. The second-order valence-corrected chi connectivity index (χ2v) is 6.91. The number of nitrogens with zero attached hydrogens (tertiary/aromatic N) is 1. The molecule has 0 aromatic heterocycles. The molecule has 0 radical (unpaired) electrons. The number of hydrogen-bond acceptors (Lipinski definition) is 6. The van der Waals surface area contributed by atoms with E-state index in [4.69, 9.17) is 14.2 Å². The zero-order valence-corrected chi connectivity index (χ0v) is 15.5. The van der Waals surface area contributed by atoms with Crippen LogP contribution in [0.3, 0.4) is 0 Å². The number of nitrogens with one attached hydrogen (secondary N) is 1. The molecule has 1 fully saturated rings. The molecule has 2 heterocycles. The van der Waals surface area contributed by atoms with Crippen molar-refractivity contribution in [2.45, 2.75) is 11.0 Å². The van der Waals surface area contributed by atoms with E-state index >= 15 is 0 Å². The van der Waals surface area contributed by atoms with Crippen molar-refractivity contribution in [2.75, 3.05) is 31.0 Å². The van der Waals surface area contributed by atoms with Gasteiger partial charge in [0.15, 0.2) is 11.5 Å². The Bertz CT molecular complexity index is 888. The van der Waals surface area contributed by atoms with Crippen LogP contribution in [0.2, 0.25) is 0 Å². The molecule has 4 rings (SSSR count).